The van der Waals surface area contributed by atoms with E-state index in [4.69, 9.17) is 9.05 Å². The van der Waals surface area contributed by atoms with Crippen LogP contribution in [0.1, 0.15) is 168 Å². The number of carbonyl (C=O) groups excluding carboxylic acids is 1. The van der Waals surface area contributed by atoms with Crippen LogP contribution in [-0.2, 0) is 18.4 Å². The molecule has 0 bridgehead atoms. The third-order valence-electron chi connectivity index (χ3n) is 10.1. The minimum atomic E-state index is -5.10. The quantitative estimate of drug-likeness (QED) is 0.0230. The van der Waals surface area contributed by atoms with Crippen LogP contribution >= 0.6 is 7.82 Å². The van der Waals surface area contributed by atoms with Gasteiger partial charge in [0.2, 0.25) is 5.91 Å². The average Bonchev–Trinajstić information content (AvgIpc) is 3.12. The van der Waals surface area contributed by atoms with Crippen LogP contribution in [0.25, 0.3) is 0 Å². The van der Waals surface area contributed by atoms with Crippen molar-refractivity contribution in [1.29, 1.82) is 0 Å². The van der Waals surface area contributed by atoms with E-state index < -0.39 is 75.2 Å². The molecule has 1 aliphatic rings. The Labute approximate surface area is 319 Å². The zero-order valence-electron chi connectivity index (χ0n) is 32.7. The van der Waals surface area contributed by atoms with Crippen LogP contribution < -0.4 is 5.32 Å². The highest BCUT2D eigenvalue weighted by atomic mass is 31.2. The van der Waals surface area contributed by atoms with E-state index in [-0.39, 0.29) is 12.8 Å². The van der Waals surface area contributed by atoms with Crippen molar-refractivity contribution >= 4 is 13.7 Å². The number of carbonyl (C=O) groups is 1. The summed E-state index contributed by atoms with van der Waals surface area (Å²) in [5, 5.41) is 74.1. The predicted octanol–water partition coefficient (Wildman–Crippen LogP) is 5.47. The van der Waals surface area contributed by atoms with Gasteiger partial charge in [0.25, 0.3) is 0 Å². The fraction of sp³-hybridized carbons (Fsp3) is 0.923. The fourth-order valence-electron chi connectivity index (χ4n) is 6.65. The Morgan fingerprint density at radius 2 is 1.06 bits per heavy atom. The molecule has 0 aromatic carbocycles. The standard InChI is InChI=1S/C39H76NO12P/c1-3-5-7-9-11-12-13-14-15-16-17-18-19-21-22-24-26-30(41)28-33(43)40-31(32(42)27-25-23-20-10-8-6-4-2)29-51-53(49,50)52-39-37(47)35(45)34(44)36(46)38(39)48/h17-18,30-32,34-39,41-42,44-48H,3-16,19-29H2,1-2H3,(H,40,43)(H,49,50)/b18-17-. The number of allylic oxidation sites excluding steroid dienone is 2. The number of aliphatic hydroxyl groups excluding tert-OH is 7. The van der Waals surface area contributed by atoms with Gasteiger partial charge in [0, 0.05) is 0 Å². The summed E-state index contributed by atoms with van der Waals surface area (Å²) in [5.41, 5.74) is 0. The monoisotopic (exact) mass is 782 g/mol. The number of phosphoric ester groups is 1. The molecule has 13 nitrogen and oxygen atoms in total. The van der Waals surface area contributed by atoms with Crippen LogP contribution in [-0.4, -0.2) is 108 Å². The normalized spacial score (nSPS) is 24.9. The first-order valence-corrected chi connectivity index (χ1v) is 22.2. The molecule has 1 amide bonds. The first-order valence-electron chi connectivity index (χ1n) is 20.7. The molecule has 0 saturated heterocycles. The van der Waals surface area contributed by atoms with Crippen molar-refractivity contribution in [1.82, 2.24) is 5.32 Å². The number of aliphatic hydroxyl groups is 7. The maximum Gasteiger partial charge on any atom is 0.472 e. The smallest absolute Gasteiger partial charge is 0.393 e. The van der Waals surface area contributed by atoms with Gasteiger partial charge in [-0.3, -0.25) is 13.8 Å². The van der Waals surface area contributed by atoms with Crippen molar-refractivity contribution in [2.45, 2.75) is 223 Å². The zero-order valence-corrected chi connectivity index (χ0v) is 33.6. The molecule has 1 fully saturated rings. The molecule has 0 aliphatic heterocycles. The summed E-state index contributed by atoms with van der Waals surface area (Å²) in [4.78, 5) is 23.3. The third-order valence-corrected chi connectivity index (χ3v) is 11.1. The van der Waals surface area contributed by atoms with Crippen molar-refractivity contribution in [3.63, 3.8) is 0 Å². The van der Waals surface area contributed by atoms with Gasteiger partial charge in [0.15, 0.2) is 0 Å². The van der Waals surface area contributed by atoms with E-state index in [2.05, 4.69) is 31.3 Å². The van der Waals surface area contributed by atoms with Crippen LogP contribution in [0, 0.1) is 0 Å². The molecule has 8 unspecified atom stereocenters. The molecule has 0 heterocycles. The number of nitrogens with one attached hydrogen (secondary N) is 1. The van der Waals surface area contributed by atoms with Gasteiger partial charge in [-0.05, 0) is 38.5 Å². The van der Waals surface area contributed by atoms with Crippen molar-refractivity contribution in [2.75, 3.05) is 6.61 Å². The van der Waals surface area contributed by atoms with Crippen LogP contribution in [0.4, 0.5) is 0 Å². The lowest BCUT2D eigenvalue weighted by molar-refractivity contribution is -0.220. The SMILES string of the molecule is CCCCCCCCCCC/C=C\CCCCCC(O)CC(=O)NC(COP(=O)(O)OC1C(O)C(O)C(O)C(O)C1O)C(O)CCCCCCCCC. The van der Waals surface area contributed by atoms with Crippen molar-refractivity contribution in [2.24, 2.45) is 0 Å². The average molecular weight is 782 g/mol. The van der Waals surface area contributed by atoms with Crippen LogP contribution in [0.3, 0.4) is 0 Å². The first-order chi connectivity index (χ1) is 25.3. The zero-order chi connectivity index (χ0) is 39.5. The second-order valence-corrected chi connectivity index (χ2v) is 16.4. The van der Waals surface area contributed by atoms with Crippen molar-refractivity contribution < 1.29 is 59.0 Å². The minimum absolute atomic E-state index is 0.231. The number of phosphoric acid groups is 1. The maximum absolute atomic E-state index is 12.9. The Morgan fingerprint density at radius 1 is 0.642 bits per heavy atom. The Hall–Kier alpha value is -0.960. The largest absolute Gasteiger partial charge is 0.472 e. The molecule has 0 aromatic rings. The Kier molecular flexibility index (Phi) is 28.5. The van der Waals surface area contributed by atoms with E-state index in [0.717, 1.165) is 70.6 Å². The summed E-state index contributed by atoms with van der Waals surface area (Å²) in [6.45, 7) is 3.69. The number of hydrogen-bond donors (Lipinski definition) is 9. The summed E-state index contributed by atoms with van der Waals surface area (Å²) in [6.07, 6.45) is 14.6. The van der Waals surface area contributed by atoms with Gasteiger partial charge < -0.3 is 46.0 Å². The van der Waals surface area contributed by atoms with Crippen LogP contribution in [0.2, 0.25) is 0 Å². The highest BCUT2D eigenvalue weighted by Crippen LogP contribution is 2.47. The van der Waals surface area contributed by atoms with Gasteiger partial charge in [-0.2, -0.15) is 0 Å². The molecular weight excluding hydrogens is 705 g/mol. The summed E-state index contributed by atoms with van der Waals surface area (Å²) in [6, 6.07) is -1.15. The number of rotatable bonds is 33. The van der Waals surface area contributed by atoms with Gasteiger partial charge in [0.1, 0.15) is 36.6 Å². The molecule has 0 spiro atoms. The van der Waals surface area contributed by atoms with Gasteiger partial charge in [-0.15, -0.1) is 0 Å². The fourth-order valence-corrected chi connectivity index (χ4v) is 7.62. The van der Waals surface area contributed by atoms with Gasteiger partial charge in [-0.25, -0.2) is 4.57 Å². The number of amides is 1. The number of unbranched alkanes of at least 4 members (excludes halogenated alkanes) is 18. The van der Waals surface area contributed by atoms with E-state index in [1.54, 1.807) is 0 Å². The highest BCUT2D eigenvalue weighted by molar-refractivity contribution is 7.47. The molecule has 53 heavy (non-hydrogen) atoms. The molecule has 8 atom stereocenters. The lowest BCUT2D eigenvalue weighted by atomic mass is 9.85. The van der Waals surface area contributed by atoms with E-state index in [9.17, 15) is 50.0 Å². The molecule has 1 saturated carbocycles. The van der Waals surface area contributed by atoms with E-state index >= 15 is 0 Å². The first kappa shape index (κ1) is 50.1. The van der Waals surface area contributed by atoms with Crippen molar-refractivity contribution in [3.8, 4) is 0 Å². The molecule has 0 aromatic heterocycles. The Bertz CT molecular complexity index is 974. The maximum atomic E-state index is 12.9. The van der Waals surface area contributed by atoms with Crippen LogP contribution in [0.5, 0.6) is 0 Å². The Morgan fingerprint density at radius 3 is 1.57 bits per heavy atom. The molecule has 314 valence electrons. The van der Waals surface area contributed by atoms with E-state index in [1.165, 1.54) is 57.8 Å². The highest BCUT2D eigenvalue weighted by Gasteiger charge is 2.51. The summed E-state index contributed by atoms with van der Waals surface area (Å²) in [5.74, 6) is -0.573. The van der Waals surface area contributed by atoms with Gasteiger partial charge in [0.05, 0.1) is 31.3 Å². The molecule has 9 N–H and O–H groups in total. The Balaban J connectivity index is 2.51. The molecule has 0 radical (unpaired) electrons. The van der Waals surface area contributed by atoms with Crippen molar-refractivity contribution in [3.05, 3.63) is 12.2 Å². The van der Waals surface area contributed by atoms with E-state index in [0.29, 0.717) is 12.8 Å². The molecule has 1 aliphatic carbocycles. The summed E-state index contributed by atoms with van der Waals surface area (Å²) in [7, 11) is -5.10. The van der Waals surface area contributed by atoms with E-state index in [1.807, 2.05) is 0 Å². The number of hydrogen-bond acceptors (Lipinski definition) is 11. The molecular formula is C39H76NO12P. The summed E-state index contributed by atoms with van der Waals surface area (Å²) < 4.78 is 22.7. The van der Waals surface area contributed by atoms with Gasteiger partial charge >= 0.3 is 7.82 Å². The predicted molar refractivity (Wildman–Crippen MR) is 206 cm³/mol. The lowest BCUT2D eigenvalue weighted by Gasteiger charge is -2.41. The summed E-state index contributed by atoms with van der Waals surface area (Å²) >= 11 is 0. The molecule has 14 heteroatoms. The van der Waals surface area contributed by atoms with Gasteiger partial charge in [-0.1, -0.05) is 135 Å². The topological polar surface area (TPSA) is 226 Å². The molecule has 1 rings (SSSR count). The minimum Gasteiger partial charge on any atom is -0.393 e. The third kappa shape index (κ3) is 23.0. The lowest BCUT2D eigenvalue weighted by Crippen LogP contribution is -2.64. The van der Waals surface area contributed by atoms with Crippen LogP contribution in [0.15, 0.2) is 12.2 Å². The second kappa shape index (κ2) is 30.2. The second-order valence-electron chi connectivity index (χ2n) is 15.0.